The summed E-state index contributed by atoms with van der Waals surface area (Å²) < 4.78 is 1.94. The van der Waals surface area contributed by atoms with Gasteiger partial charge in [0.2, 0.25) is 0 Å². The fraction of sp³-hybridized carbons (Fsp3) is 0. The highest BCUT2D eigenvalue weighted by atomic mass is 35.5. The van der Waals surface area contributed by atoms with Gasteiger partial charge in [0.05, 0.1) is 17.2 Å². The maximum Gasteiger partial charge on any atom is 0.180 e. The number of aromatic amines is 1. The Morgan fingerprint density at radius 3 is 2.52 bits per heavy atom. The largest absolute Gasteiger partial charge is 0.298 e. The molecule has 4 aromatic heterocycles. The van der Waals surface area contributed by atoms with Crippen LogP contribution in [0.15, 0.2) is 60.9 Å². The molecule has 0 amide bonds. The van der Waals surface area contributed by atoms with E-state index in [-0.39, 0.29) is 12.4 Å². The van der Waals surface area contributed by atoms with Gasteiger partial charge in [-0.15, -0.1) is 12.4 Å². The minimum absolute atomic E-state index is 0. The van der Waals surface area contributed by atoms with E-state index in [1.807, 2.05) is 47.2 Å². The van der Waals surface area contributed by atoms with Gasteiger partial charge < -0.3 is 0 Å². The van der Waals surface area contributed by atoms with Gasteiger partial charge in [0.1, 0.15) is 5.52 Å². The molecule has 0 aliphatic rings. The molecule has 0 unspecified atom stereocenters. The molecule has 25 heavy (non-hydrogen) atoms. The summed E-state index contributed by atoms with van der Waals surface area (Å²) >= 11 is 0. The van der Waals surface area contributed by atoms with Crippen LogP contribution in [0.5, 0.6) is 0 Å². The van der Waals surface area contributed by atoms with E-state index in [1.165, 1.54) is 0 Å². The molecule has 0 aliphatic heterocycles. The van der Waals surface area contributed by atoms with Gasteiger partial charge in [-0.2, -0.15) is 0 Å². The molecular weight excluding hydrogens is 334 g/mol. The normalized spacial score (nSPS) is 11.7. The van der Waals surface area contributed by atoms with Crippen molar-refractivity contribution in [1.82, 2.24) is 24.6 Å². The van der Waals surface area contributed by atoms with E-state index in [9.17, 15) is 0 Å². The summed E-state index contributed by atoms with van der Waals surface area (Å²) in [4.78, 5) is 14.2. The molecule has 4 heterocycles. The van der Waals surface area contributed by atoms with E-state index in [4.69, 9.17) is 4.98 Å². The van der Waals surface area contributed by atoms with E-state index >= 15 is 0 Å². The number of para-hydroxylation sites is 1. The molecule has 1 N–H and O–H groups in total. The van der Waals surface area contributed by atoms with Crippen molar-refractivity contribution in [3.05, 3.63) is 60.9 Å². The van der Waals surface area contributed by atoms with Gasteiger partial charge >= 0.3 is 0 Å². The second kappa shape index (κ2) is 4.91. The van der Waals surface area contributed by atoms with Crippen LogP contribution in [0.1, 0.15) is 0 Å². The minimum Gasteiger partial charge on any atom is -0.298 e. The van der Waals surface area contributed by atoms with Gasteiger partial charge in [-0.25, -0.2) is 19.5 Å². The zero-order valence-corrected chi connectivity index (χ0v) is 13.8. The van der Waals surface area contributed by atoms with E-state index in [0.29, 0.717) is 0 Å². The number of rotatable bonds is 0. The summed E-state index contributed by atoms with van der Waals surface area (Å²) in [5.74, 6) is 0. The lowest BCUT2D eigenvalue weighted by atomic mass is 10.2. The topological polar surface area (TPSA) is 58.9 Å². The predicted molar refractivity (Wildman–Crippen MR) is 102 cm³/mol. The first kappa shape index (κ1) is 14.2. The van der Waals surface area contributed by atoms with E-state index in [2.05, 4.69) is 33.3 Å². The standard InChI is InChI=1S/C19H11N5.ClH/c1-2-6-12-11(5-1)9-21-24-18(12)23-17-16-13-7-3-4-8-14(13)22-15(16)10-20-19(17)24;/h1-10,21H;1H. The Labute approximate surface area is 147 Å². The monoisotopic (exact) mass is 345 g/mol. The predicted octanol–water partition coefficient (Wildman–Crippen LogP) is 4.49. The molecule has 0 aliphatic carbocycles. The molecule has 6 heteroatoms. The van der Waals surface area contributed by atoms with Crippen LogP contribution in [0, 0.1) is 0 Å². The quantitative estimate of drug-likeness (QED) is 0.441. The Bertz CT molecular complexity index is 1410. The zero-order valence-electron chi connectivity index (χ0n) is 13.0. The molecule has 0 saturated carbocycles. The van der Waals surface area contributed by atoms with Crippen molar-refractivity contribution < 1.29 is 0 Å². The molecule has 120 valence electrons. The molecule has 0 fully saturated rings. The molecule has 0 radical (unpaired) electrons. The number of benzene rings is 2. The Kier molecular flexibility index (Phi) is 2.79. The molecule has 2 aromatic carbocycles. The zero-order chi connectivity index (χ0) is 15.7. The maximum atomic E-state index is 4.92. The average Bonchev–Trinajstić information content (AvgIpc) is 3.19. The smallest absolute Gasteiger partial charge is 0.180 e. The lowest BCUT2D eigenvalue weighted by Crippen LogP contribution is -1.93. The summed E-state index contributed by atoms with van der Waals surface area (Å²) in [6, 6.07) is 16.4. The maximum absolute atomic E-state index is 4.92. The van der Waals surface area contributed by atoms with E-state index < -0.39 is 0 Å². The highest BCUT2D eigenvalue weighted by Gasteiger charge is 2.15. The molecule has 6 aromatic rings. The lowest BCUT2D eigenvalue weighted by molar-refractivity contribution is 0.963. The van der Waals surface area contributed by atoms with Crippen molar-refractivity contribution >= 4 is 61.8 Å². The first-order valence-corrected chi connectivity index (χ1v) is 7.82. The summed E-state index contributed by atoms with van der Waals surface area (Å²) in [5, 5.41) is 7.71. The van der Waals surface area contributed by atoms with Crippen LogP contribution >= 0.6 is 12.4 Å². The molecule has 0 atom stereocenters. The van der Waals surface area contributed by atoms with E-state index in [0.717, 1.165) is 49.4 Å². The number of nitrogens with one attached hydrogen (secondary N) is 1. The van der Waals surface area contributed by atoms with Crippen LogP contribution in [0.25, 0.3) is 49.4 Å². The van der Waals surface area contributed by atoms with Crippen LogP contribution in [0.3, 0.4) is 0 Å². The summed E-state index contributed by atoms with van der Waals surface area (Å²) in [5.41, 5.74) is 4.45. The van der Waals surface area contributed by atoms with Gasteiger partial charge in [-0.3, -0.25) is 5.10 Å². The third kappa shape index (κ3) is 1.76. The number of nitrogens with zero attached hydrogens (tertiary/aromatic N) is 4. The number of halogens is 1. The van der Waals surface area contributed by atoms with Gasteiger partial charge in [-0.05, 0) is 6.07 Å². The first-order valence-electron chi connectivity index (χ1n) is 7.82. The average molecular weight is 346 g/mol. The van der Waals surface area contributed by atoms with Crippen LogP contribution in [0.2, 0.25) is 0 Å². The van der Waals surface area contributed by atoms with Crippen molar-refractivity contribution in [2.75, 3.05) is 0 Å². The van der Waals surface area contributed by atoms with Crippen molar-refractivity contribution in [3.8, 4) is 0 Å². The number of hydrogen-bond acceptors (Lipinski definition) is 3. The second-order valence-electron chi connectivity index (χ2n) is 5.95. The van der Waals surface area contributed by atoms with Crippen LogP contribution in [0.4, 0.5) is 0 Å². The number of aromatic nitrogens is 5. The number of hydrogen-bond donors (Lipinski definition) is 1. The van der Waals surface area contributed by atoms with Crippen molar-refractivity contribution in [3.63, 3.8) is 0 Å². The first-order chi connectivity index (χ1) is 11.9. The highest BCUT2D eigenvalue weighted by Crippen LogP contribution is 2.31. The highest BCUT2D eigenvalue weighted by molar-refractivity contribution is 6.18. The number of fused-ring (bicyclic) bond motifs is 9. The van der Waals surface area contributed by atoms with Crippen molar-refractivity contribution in [2.45, 2.75) is 0 Å². The molecule has 5 nitrogen and oxygen atoms in total. The van der Waals surface area contributed by atoms with Gasteiger partial charge in [0, 0.05) is 27.7 Å². The van der Waals surface area contributed by atoms with Crippen LogP contribution in [-0.2, 0) is 0 Å². The number of imidazole rings is 1. The summed E-state index contributed by atoms with van der Waals surface area (Å²) in [7, 11) is 0. The summed E-state index contributed by atoms with van der Waals surface area (Å²) in [6.45, 7) is 0. The Balaban J connectivity index is 0.00000140. The molecule has 0 saturated heterocycles. The Morgan fingerprint density at radius 1 is 0.800 bits per heavy atom. The van der Waals surface area contributed by atoms with Crippen LogP contribution < -0.4 is 0 Å². The molecule has 6 rings (SSSR count). The van der Waals surface area contributed by atoms with Gasteiger partial charge in [0.25, 0.3) is 0 Å². The molecule has 0 spiro atoms. The minimum atomic E-state index is 0. The number of H-pyrrole nitrogens is 1. The fourth-order valence-corrected chi connectivity index (χ4v) is 3.53. The molecular formula is C19H12ClN5. The van der Waals surface area contributed by atoms with Gasteiger partial charge in [0.15, 0.2) is 11.3 Å². The fourth-order valence-electron chi connectivity index (χ4n) is 3.53. The van der Waals surface area contributed by atoms with Crippen molar-refractivity contribution in [2.24, 2.45) is 0 Å². The Hall–Kier alpha value is -3.18. The lowest BCUT2D eigenvalue weighted by Gasteiger charge is -2.00. The third-order valence-corrected chi connectivity index (χ3v) is 4.62. The third-order valence-electron chi connectivity index (χ3n) is 4.62. The Morgan fingerprint density at radius 2 is 1.60 bits per heavy atom. The number of pyridine rings is 1. The second-order valence-corrected chi connectivity index (χ2v) is 5.95. The van der Waals surface area contributed by atoms with Crippen molar-refractivity contribution in [1.29, 1.82) is 0 Å². The van der Waals surface area contributed by atoms with Gasteiger partial charge in [-0.1, -0.05) is 42.5 Å². The molecule has 0 bridgehead atoms. The van der Waals surface area contributed by atoms with Crippen LogP contribution in [-0.4, -0.2) is 24.6 Å². The SMILES string of the molecule is Cl.c1ccc2c(c1)c[nH]n1c2nc2c3c(cnc21)nc1ccccc13. The van der Waals surface area contributed by atoms with E-state index in [1.54, 1.807) is 0 Å². The summed E-state index contributed by atoms with van der Waals surface area (Å²) in [6.07, 6.45) is 3.81.